The van der Waals surface area contributed by atoms with Gasteiger partial charge in [0.25, 0.3) is 5.91 Å². The van der Waals surface area contributed by atoms with Gasteiger partial charge < -0.3 is 16.4 Å². The van der Waals surface area contributed by atoms with Gasteiger partial charge in [-0.15, -0.1) is 0 Å². The van der Waals surface area contributed by atoms with Crippen LogP contribution < -0.4 is 16.4 Å². The van der Waals surface area contributed by atoms with Crippen molar-refractivity contribution >= 4 is 23.4 Å². The van der Waals surface area contributed by atoms with Crippen molar-refractivity contribution in [3.63, 3.8) is 0 Å². The normalized spacial score (nSPS) is 10.1. The van der Waals surface area contributed by atoms with Crippen molar-refractivity contribution in [1.29, 1.82) is 0 Å². The Kier molecular flexibility index (Phi) is 6.22. The van der Waals surface area contributed by atoms with Crippen LogP contribution in [0.15, 0.2) is 48.5 Å². The van der Waals surface area contributed by atoms with Crippen LogP contribution in [0.3, 0.4) is 0 Å². The lowest BCUT2D eigenvalue weighted by Gasteiger charge is -2.11. The summed E-state index contributed by atoms with van der Waals surface area (Å²) < 4.78 is 13.2. The van der Waals surface area contributed by atoms with Crippen molar-refractivity contribution < 1.29 is 18.8 Å². The number of benzene rings is 2. The Balaban J connectivity index is 2.03. The summed E-state index contributed by atoms with van der Waals surface area (Å²) in [4.78, 5) is 35.0. The minimum atomic E-state index is -0.517. The average molecular weight is 343 g/mol. The van der Waals surface area contributed by atoms with Crippen molar-refractivity contribution in [3.8, 4) is 0 Å². The number of primary amides is 1. The zero-order valence-corrected chi connectivity index (χ0v) is 13.4. The summed E-state index contributed by atoms with van der Waals surface area (Å²) in [6.45, 7) is 0.111. The van der Waals surface area contributed by atoms with E-state index in [4.69, 9.17) is 5.73 Å². The molecule has 0 fully saturated rings. The fourth-order valence-electron chi connectivity index (χ4n) is 2.21. The number of para-hydroxylation sites is 1. The molecule has 2 aromatic rings. The Labute approximate surface area is 144 Å². The number of nitrogens with one attached hydrogen (secondary N) is 2. The van der Waals surface area contributed by atoms with Gasteiger partial charge in [0, 0.05) is 13.0 Å². The Hall–Kier alpha value is -3.22. The quantitative estimate of drug-likeness (QED) is 0.712. The number of amides is 3. The number of hydrogen-bond acceptors (Lipinski definition) is 3. The van der Waals surface area contributed by atoms with Crippen LogP contribution in [0.1, 0.15) is 22.3 Å². The van der Waals surface area contributed by atoms with E-state index in [-0.39, 0.29) is 30.9 Å². The van der Waals surface area contributed by atoms with E-state index in [1.807, 2.05) is 0 Å². The molecule has 0 aliphatic carbocycles. The molecule has 0 heterocycles. The lowest BCUT2D eigenvalue weighted by molar-refractivity contribution is -0.118. The molecule has 2 aromatic carbocycles. The van der Waals surface area contributed by atoms with Crippen LogP contribution in [0.25, 0.3) is 0 Å². The molecule has 0 spiro atoms. The number of nitrogens with two attached hydrogens (primary N) is 1. The lowest BCUT2D eigenvalue weighted by Crippen LogP contribution is -2.29. The number of rotatable bonds is 7. The molecule has 3 amide bonds. The van der Waals surface area contributed by atoms with Gasteiger partial charge in [0.15, 0.2) is 0 Å². The molecule has 7 heteroatoms. The third-order valence-corrected chi connectivity index (χ3v) is 3.36. The molecule has 0 aromatic heterocycles. The van der Waals surface area contributed by atoms with Crippen LogP contribution >= 0.6 is 0 Å². The van der Waals surface area contributed by atoms with E-state index in [1.165, 1.54) is 18.2 Å². The van der Waals surface area contributed by atoms with Crippen LogP contribution in [-0.2, 0) is 16.0 Å². The largest absolute Gasteiger partial charge is 0.370 e. The number of carbonyl (C=O) groups excluding carboxylic acids is 3. The zero-order chi connectivity index (χ0) is 18.2. The first-order valence-electron chi connectivity index (χ1n) is 7.65. The molecule has 0 atom stereocenters. The molecule has 25 heavy (non-hydrogen) atoms. The highest BCUT2D eigenvalue weighted by atomic mass is 19.1. The molecule has 0 unspecified atom stereocenters. The van der Waals surface area contributed by atoms with E-state index in [2.05, 4.69) is 10.6 Å². The monoisotopic (exact) mass is 343 g/mol. The van der Waals surface area contributed by atoms with Gasteiger partial charge in [-0.1, -0.05) is 24.3 Å². The van der Waals surface area contributed by atoms with Crippen LogP contribution in [0, 0.1) is 5.82 Å². The van der Waals surface area contributed by atoms with Crippen LogP contribution in [0.2, 0.25) is 0 Å². The maximum absolute atomic E-state index is 13.2. The molecule has 0 aliphatic heterocycles. The van der Waals surface area contributed by atoms with Crippen molar-refractivity contribution in [3.05, 3.63) is 65.5 Å². The summed E-state index contributed by atoms with van der Waals surface area (Å²) >= 11 is 0. The minimum absolute atomic E-state index is 0.0185. The summed E-state index contributed by atoms with van der Waals surface area (Å²) in [5.74, 6) is -1.73. The van der Waals surface area contributed by atoms with Crippen LogP contribution in [-0.4, -0.2) is 24.3 Å². The van der Waals surface area contributed by atoms with E-state index in [0.29, 0.717) is 11.3 Å². The summed E-state index contributed by atoms with van der Waals surface area (Å²) in [7, 11) is 0. The maximum Gasteiger partial charge on any atom is 0.253 e. The van der Waals surface area contributed by atoms with E-state index >= 15 is 0 Å². The van der Waals surface area contributed by atoms with Crippen LogP contribution in [0.5, 0.6) is 0 Å². The van der Waals surface area contributed by atoms with Gasteiger partial charge in [0.05, 0.1) is 17.7 Å². The molecule has 2 rings (SSSR count). The van der Waals surface area contributed by atoms with Crippen molar-refractivity contribution in [2.45, 2.75) is 12.8 Å². The average Bonchev–Trinajstić information content (AvgIpc) is 2.54. The zero-order valence-electron chi connectivity index (χ0n) is 13.4. The third-order valence-electron chi connectivity index (χ3n) is 3.36. The van der Waals surface area contributed by atoms with E-state index in [9.17, 15) is 18.8 Å². The molecule has 0 saturated carbocycles. The predicted molar refractivity (Wildman–Crippen MR) is 91.3 cm³/mol. The van der Waals surface area contributed by atoms with Gasteiger partial charge in [0.2, 0.25) is 11.8 Å². The highest BCUT2D eigenvalue weighted by Gasteiger charge is 2.13. The number of carbonyl (C=O) groups is 3. The van der Waals surface area contributed by atoms with Gasteiger partial charge >= 0.3 is 0 Å². The Bertz CT molecular complexity index is 793. The van der Waals surface area contributed by atoms with Crippen molar-refractivity contribution in [2.24, 2.45) is 5.73 Å². The summed E-state index contributed by atoms with van der Waals surface area (Å²) in [5, 5.41) is 5.21. The second-order valence-electron chi connectivity index (χ2n) is 5.37. The molecule has 6 nitrogen and oxygen atoms in total. The first-order chi connectivity index (χ1) is 12.0. The molecule has 4 N–H and O–H groups in total. The topological polar surface area (TPSA) is 101 Å². The Morgan fingerprint density at radius 2 is 1.80 bits per heavy atom. The number of hydrogen-bond donors (Lipinski definition) is 3. The molecule has 130 valence electrons. The van der Waals surface area contributed by atoms with E-state index in [1.54, 1.807) is 30.3 Å². The fraction of sp³-hybridized carbons (Fsp3) is 0.167. The Morgan fingerprint density at radius 3 is 2.52 bits per heavy atom. The maximum atomic E-state index is 13.2. The van der Waals surface area contributed by atoms with Crippen molar-refractivity contribution in [2.75, 3.05) is 11.9 Å². The second kappa shape index (κ2) is 8.58. The summed E-state index contributed by atoms with van der Waals surface area (Å²) in [5.41, 5.74) is 6.15. The highest BCUT2D eigenvalue weighted by Crippen LogP contribution is 2.15. The third kappa shape index (κ3) is 5.72. The molecule has 0 aliphatic rings. The highest BCUT2D eigenvalue weighted by molar-refractivity contribution is 6.04. The number of anilines is 1. The molecule has 0 saturated heterocycles. The number of halogens is 1. The standard InChI is InChI=1S/C18H18FN3O3/c19-13-5-3-4-12(10-13)11-17(24)22-15-7-2-1-6-14(15)18(25)21-9-8-16(20)23/h1-7,10H,8-9,11H2,(H2,20,23)(H,21,25)(H,22,24). The molecular weight excluding hydrogens is 325 g/mol. The molecule has 0 radical (unpaired) electrons. The molecule has 0 bridgehead atoms. The van der Waals surface area contributed by atoms with E-state index in [0.717, 1.165) is 0 Å². The smallest absolute Gasteiger partial charge is 0.253 e. The van der Waals surface area contributed by atoms with Crippen LogP contribution in [0.4, 0.5) is 10.1 Å². The fourth-order valence-corrected chi connectivity index (χ4v) is 2.21. The predicted octanol–water partition coefficient (Wildman–Crippen LogP) is 1.61. The molecular formula is C18H18FN3O3. The lowest BCUT2D eigenvalue weighted by atomic mass is 10.1. The van der Waals surface area contributed by atoms with Gasteiger partial charge in [-0.25, -0.2) is 4.39 Å². The van der Waals surface area contributed by atoms with Gasteiger partial charge in [0.1, 0.15) is 5.82 Å². The Morgan fingerprint density at radius 1 is 1.04 bits per heavy atom. The first kappa shape index (κ1) is 18.1. The summed E-state index contributed by atoms with van der Waals surface area (Å²) in [6, 6.07) is 12.2. The van der Waals surface area contributed by atoms with E-state index < -0.39 is 17.6 Å². The minimum Gasteiger partial charge on any atom is -0.370 e. The van der Waals surface area contributed by atoms with Gasteiger partial charge in [-0.3, -0.25) is 14.4 Å². The van der Waals surface area contributed by atoms with Gasteiger partial charge in [-0.05, 0) is 29.8 Å². The van der Waals surface area contributed by atoms with Gasteiger partial charge in [-0.2, -0.15) is 0 Å². The SMILES string of the molecule is NC(=O)CCNC(=O)c1ccccc1NC(=O)Cc1cccc(F)c1. The first-order valence-corrected chi connectivity index (χ1v) is 7.65. The van der Waals surface area contributed by atoms with Crippen molar-refractivity contribution in [1.82, 2.24) is 5.32 Å². The second-order valence-corrected chi connectivity index (χ2v) is 5.37. The summed E-state index contributed by atoms with van der Waals surface area (Å²) in [6.07, 6.45) is 0.00915.